The lowest BCUT2D eigenvalue weighted by Crippen LogP contribution is -2.35. The molecule has 0 saturated carbocycles. The second kappa shape index (κ2) is 4.18. The van der Waals surface area contributed by atoms with E-state index < -0.39 is 0 Å². The van der Waals surface area contributed by atoms with E-state index in [1.54, 1.807) is 24.5 Å². The normalized spacial score (nSPS) is 14.3. The van der Waals surface area contributed by atoms with Crippen molar-refractivity contribution in [3.63, 3.8) is 0 Å². The highest BCUT2D eigenvalue weighted by atomic mass is 16.2. The number of fused-ring (bicyclic) bond motifs is 1. The Balaban J connectivity index is 1.87. The highest BCUT2D eigenvalue weighted by molar-refractivity contribution is 5.92. The Bertz CT molecular complexity index is 577. The van der Waals surface area contributed by atoms with Crippen LogP contribution in [0.1, 0.15) is 11.1 Å². The number of rotatable bonds is 2. The van der Waals surface area contributed by atoms with E-state index >= 15 is 0 Å². The van der Waals surface area contributed by atoms with Gasteiger partial charge in [0.25, 0.3) is 0 Å². The van der Waals surface area contributed by atoms with E-state index in [0.29, 0.717) is 6.54 Å². The standard InChI is InChI=1S/C13H14N4O/c1-16-8-11-3-2-10(6-12(11)15-13(16)18)7-17-5-4-14-9-17/h2-6,9H,7-8H2,1H3,(H,15,18). The molecule has 0 aliphatic carbocycles. The van der Waals surface area contributed by atoms with Crippen molar-refractivity contribution < 1.29 is 4.79 Å². The molecule has 3 rings (SSSR count). The summed E-state index contributed by atoms with van der Waals surface area (Å²) in [6.45, 7) is 1.42. The van der Waals surface area contributed by atoms with Gasteiger partial charge >= 0.3 is 6.03 Å². The highest BCUT2D eigenvalue weighted by Gasteiger charge is 2.18. The number of urea groups is 1. The predicted octanol–water partition coefficient (Wildman–Crippen LogP) is 1.91. The number of hydrogen-bond donors (Lipinski definition) is 1. The Hall–Kier alpha value is -2.30. The second-order valence-electron chi connectivity index (χ2n) is 4.51. The van der Waals surface area contributed by atoms with Crippen LogP contribution in [0.4, 0.5) is 10.5 Å². The van der Waals surface area contributed by atoms with E-state index in [4.69, 9.17) is 0 Å². The zero-order valence-corrected chi connectivity index (χ0v) is 10.1. The van der Waals surface area contributed by atoms with Gasteiger partial charge in [-0.05, 0) is 17.2 Å². The van der Waals surface area contributed by atoms with Crippen LogP contribution in [0.2, 0.25) is 0 Å². The zero-order chi connectivity index (χ0) is 12.5. The maximum Gasteiger partial charge on any atom is 0.321 e. The third kappa shape index (κ3) is 1.95. The largest absolute Gasteiger partial charge is 0.333 e. The highest BCUT2D eigenvalue weighted by Crippen LogP contribution is 2.24. The van der Waals surface area contributed by atoms with Crippen molar-refractivity contribution in [3.05, 3.63) is 48.0 Å². The van der Waals surface area contributed by atoms with Crippen LogP contribution < -0.4 is 5.32 Å². The third-order valence-corrected chi connectivity index (χ3v) is 3.09. The van der Waals surface area contributed by atoms with Gasteiger partial charge in [-0.3, -0.25) is 0 Å². The molecule has 0 unspecified atom stereocenters. The Morgan fingerprint density at radius 3 is 3.11 bits per heavy atom. The summed E-state index contributed by atoms with van der Waals surface area (Å²) in [6.07, 6.45) is 5.47. The fraction of sp³-hybridized carbons (Fsp3) is 0.231. The van der Waals surface area contributed by atoms with Crippen molar-refractivity contribution in [2.75, 3.05) is 12.4 Å². The minimum atomic E-state index is -0.0534. The summed E-state index contributed by atoms with van der Waals surface area (Å²) in [5.41, 5.74) is 3.21. The number of benzene rings is 1. The van der Waals surface area contributed by atoms with Crippen LogP contribution in [-0.2, 0) is 13.1 Å². The lowest BCUT2D eigenvalue weighted by Gasteiger charge is -2.26. The molecule has 1 aromatic heterocycles. The number of amides is 2. The molecule has 1 N–H and O–H groups in total. The fourth-order valence-electron chi connectivity index (χ4n) is 2.11. The van der Waals surface area contributed by atoms with Gasteiger partial charge in [-0.15, -0.1) is 0 Å². The molecule has 0 bridgehead atoms. The van der Waals surface area contributed by atoms with Crippen LogP contribution in [0.15, 0.2) is 36.9 Å². The molecule has 5 heteroatoms. The molecule has 2 heterocycles. The monoisotopic (exact) mass is 242 g/mol. The molecule has 0 atom stereocenters. The topological polar surface area (TPSA) is 50.2 Å². The lowest BCUT2D eigenvalue weighted by atomic mass is 10.1. The first kappa shape index (κ1) is 10.8. The molecule has 5 nitrogen and oxygen atoms in total. The summed E-state index contributed by atoms with van der Waals surface area (Å²) in [5.74, 6) is 0. The van der Waals surface area contributed by atoms with Crippen molar-refractivity contribution in [3.8, 4) is 0 Å². The van der Waals surface area contributed by atoms with E-state index in [1.165, 1.54) is 0 Å². The number of carbonyl (C=O) groups is 1. The zero-order valence-electron chi connectivity index (χ0n) is 10.1. The van der Waals surface area contributed by atoms with Crippen LogP contribution in [-0.4, -0.2) is 27.5 Å². The Morgan fingerprint density at radius 2 is 2.33 bits per heavy atom. The van der Waals surface area contributed by atoms with E-state index in [-0.39, 0.29) is 6.03 Å². The van der Waals surface area contributed by atoms with Crippen molar-refractivity contribution in [2.24, 2.45) is 0 Å². The SMILES string of the molecule is CN1Cc2ccc(Cn3ccnc3)cc2NC1=O. The van der Waals surface area contributed by atoms with Gasteiger partial charge in [0.15, 0.2) is 0 Å². The van der Waals surface area contributed by atoms with Crippen molar-refractivity contribution in [2.45, 2.75) is 13.1 Å². The summed E-state index contributed by atoms with van der Waals surface area (Å²) in [5, 5.41) is 2.89. The molecular formula is C13H14N4O. The second-order valence-corrected chi connectivity index (χ2v) is 4.51. The van der Waals surface area contributed by atoms with Gasteiger partial charge in [0.05, 0.1) is 6.33 Å². The summed E-state index contributed by atoms with van der Waals surface area (Å²) in [7, 11) is 1.79. The van der Waals surface area contributed by atoms with E-state index in [2.05, 4.69) is 22.4 Å². The minimum absolute atomic E-state index is 0.0534. The molecule has 1 aliphatic heterocycles. The van der Waals surface area contributed by atoms with Gasteiger partial charge in [-0.25, -0.2) is 9.78 Å². The Morgan fingerprint density at radius 1 is 1.44 bits per heavy atom. The number of imidazole rings is 1. The maximum atomic E-state index is 11.6. The van der Waals surface area contributed by atoms with Gasteiger partial charge in [-0.1, -0.05) is 12.1 Å². The fourth-order valence-corrected chi connectivity index (χ4v) is 2.11. The van der Waals surface area contributed by atoms with Gasteiger partial charge in [0.1, 0.15) is 0 Å². The van der Waals surface area contributed by atoms with Gasteiger partial charge in [-0.2, -0.15) is 0 Å². The smallest absolute Gasteiger partial charge is 0.321 e. The van der Waals surface area contributed by atoms with Crippen molar-refractivity contribution in [1.82, 2.24) is 14.5 Å². The third-order valence-electron chi connectivity index (χ3n) is 3.09. The summed E-state index contributed by atoms with van der Waals surface area (Å²) in [4.78, 5) is 17.3. The molecule has 1 aliphatic rings. The van der Waals surface area contributed by atoms with Crippen molar-refractivity contribution >= 4 is 11.7 Å². The molecule has 0 fully saturated rings. The van der Waals surface area contributed by atoms with Crippen LogP contribution in [0, 0.1) is 0 Å². The molecule has 1 aromatic carbocycles. The van der Waals surface area contributed by atoms with Crippen LogP contribution in [0.5, 0.6) is 0 Å². The molecular weight excluding hydrogens is 228 g/mol. The Kier molecular flexibility index (Phi) is 2.51. The molecule has 2 aromatic rings. The van der Waals surface area contributed by atoms with E-state index in [0.717, 1.165) is 23.4 Å². The van der Waals surface area contributed by atoms with Gasteiger partial charge < -0.3 is 14.8 Å². The van der Waals surface area contributed by atoms with E-state index in [1.807, 2.05) is 16.8 Å². The van der Waals surface area contributed by atoms with Crippen molar-refractivity contribution in [1.29, 1.82) is 0 Å². The molecule has 18 heavy (non-hydrogen) atoms. The average Bonchev–Trinajstić information content (AvgIpc) is 2.84. The lowest BCUT2D eigenvalue weighted by molar-refractivity contribution is 0.218. The predicted molar refractivity (Wildman–Crippen MR) is 68.3 cm³/mol. The molecule has 0 saturated heterocycles. The van der Waals surface area contributed by atoms with Gasteiger partial charge in [0, 0.05) is 38.2 Å². The van der Waals surface area contributed by atoms with E-state index in [9.17, 15) is 4.79 Å². The summed E-state index contributed by atoms with van der Waals surface area (Å²) in [6, 6.07) is 6.13. The number of hydrogen-bond acceptors (Lipinski definition) is 2. The number of aromatic nitrogens is 2. The first-order valence-electron chi connectivity index (χ1n) is 5.82. The molecule has 92 valence electrons. The quantitative estimate of drug-likeness (QED) is 0.874. The van der Waals surface area contributed by atoms with Crippen LogP contribution >= 0.6 is 0 Å². The number of anilines is 1. The van der Waals surface area contributed by atoms with Crippen LogP contribution in [0.25, 0.3) is 0 Å². The molecule has 2 amide bonds. The average molecular weight is 242 g/mol. The first-order chi connectivity index (χ1) is 8.72. The number of nitrogens with zero attached hydrogens (tertiary/aromatic N) is 3. The van der Waals surface area contributed by atoms with Gasteiger partial charge in [0.2, 0.25) is 0 Å². The van der Waals surface area contributed by atoms with Crippen LogP contribution in [0.3, 0.4) is 0 Å². The minimum Gasteiger partial charge on any atom is -0.333 e. The first-order valence-corrected chi connectivity index (χ1v) is 5.82. The number of carbonyl (C=O) groups excluding carboxylic acids is 1. The maximum absolute atomic E-state index is 11.6. The Labute approximate surface area is 105 Å². The summed E-state index contributed by atoms with van der Waals surface area (Å²) < 4.78 is 2.00. The molecule has 0 radical (unpaired) electrons. The molecule has 0 spiro atoms. The number of nitrogens with one attached hydrogen (secondary N) is 1. The summed E-state index contributed by atoms with van der Waals surface area (Å²) >= 11 is 0.